The molecule has 0 amide bonds. The summed E-state index contributed by atoms with van der Waals surface area (Å²) in [5.74, 6) is 0. The molecule has 0 aromatic carbocycles. The summed E-state index contributed by atoms with van der Waals surface area (Å²) >= 11 is 0. The van der Waals surface area contributed by atoms with E-state index in [1.807, 2.05) is 0 Å². The zero-order valence-corrected chi connectivity index (χ0v) is 4.71. The molecule has 0 atom stereocenters. The summed E-state index contributed by atoms with van der Waals surface area (Å²) in [4.78, 5) is 0. The van der Waals surface area contributed by atoms with Gasteiger partial charge in [-0.3, -0.25) is 0 Å². The maximum atomic E-state index is 9.60. The van der Waals surface area contributed by atoms with Crippen molar-refractivity contribution in [3.8, 4) is 0 Å². The van der Waals surface area contributed by atoms with Gasteiger partial charge < -0.3 is 20.7 Å². The monoisotopic (exact) mass is 114 g/mol. The molecule has 0 aliphatic rings. The largest absolute Gasteiger partial charge is 0.792 e. The first kappa shape index (κ1) is 6.94. The molecule has 0 radical (unpaired) electrons. The lowest BCUT2D eigenvalue weighted by atomic mass is 10.3. The second-order valence-electron chi connectivity index (χ2n) is 1.35. The van der Waals surface area contributed by atoms with Crippen LogP contribution in [0.2, 0.25) is 0 Å². The van der Waals surface area contributed by atoms with Crippen molar-refractivity contribution in [2.45, 2.75) is 13.8 Å². The summed E-state index contributed by atoms with van der Waals surface area (Å²) in [6.07, 6.45) is 0. The van der Waals surface area contributed by atoms with E-state index in [1.54, 1.807) is 0 Å². The van der Waals surface area contributed by atoms with E-state index in [-0.39, 0.29) is 11.4 Å². The van der Waals surface area contributed by atoms with Crippen LogP contribution in [0.4, 0.5) is 0 Å². The Hall–Kier alpha value is -1.06. The van der Waals surface area contributed by atoms with E-state index in [0.717, 1.165) is 0 Å². The van der Waals surface area contributed by atoms with Crippen molar-refractivity contribution in [2.75, 3.05) is 0 Å². The number of hydrogen-bond acceptors (Lipinski definition) is 4. The van der Waals surface area contributed by atoms with Crippen molar-refractivity contribution >= 4 is 11.4 Å². The molecule has 4 nitrogen and oxygen atoms in total. The summed E-state index contributed by atoms with van der Waals surface area (Å²) in [6.45, 7) is 2.87. The summed E-state index contributed by atoms with van der Waals surface area (Å²) in [5, 5.41) is 24.2. The minimum Gasteiger partial charge on any atom is -0.792 e. The molecule has 0 bridgehead atoms. The van der Waals surface area contributed by atoms with Crippen molar-refractivity contribution in [3.63, 3.8) is 0 Å². The quantitative estimate of drug-likeness (QED) is 0.375. The third kappa shape index (κ3) is 1.59. The van der Waals surface area contributed by atoms with Crippen molar-refractivity contribution < 1.29 is 0 Å². The van der Waals surface area contributed by atoms with E-state index in [0.29, 0.717) is 0 Å². The van der Waals surface area contributed by atoms with Gasteiger partial charge in [-0.2, -0.15) is 0 Å². The zero-order valence-electron chi connectivity index (χ0n) is 4.71. The maximum Gasteiger partial charge on any atom is 0.0465 e. The molecule has 0 aromatic heterocycles. The Labute approximate surface area is 47.1 Å². The van der Waals surface area contributed by atoms with Crippen LogP contribution in [0.3, 0.4) is 0 Å². The molecule has 0 rings (SSSR count). The number of nitrogens with zero attached hydrogens (tertiary/aromatic N) is 2. The average Bonchev–Trinajstić information content (AvgIpc) is 1.84. The third-order valence-corrected chi connectivity index (χ3v) is 0.797. The van der Waals surface area contributed by atoms with Gasteiger partial charge in [0.05, 0.1) is 0 Å². The highest BCUT2D eigenvalue weighted by Gasteiger charge is 1.86. The van der Waals surface area contributed by atoms with Crippen LogP contribution in [-0.2, 0) is 0 Å². The standard InChI is InChI=1S/C4H8N2O2/c1-3(5-7)4(2)6-8/h7-8H,1-2H3/p-2. The summed E-state index contributed by atoms with van der Waals surface area (Å²) in [5.41, 5.74) is 0.278. The van der Waals surface area contributed by atoms with Crippen molar-refractivity contribution in [1.29, 1.82) is 0 Å². The minimum atomic E-state index is 0.139. The van der Waals surface area contributed by atoms with Gasteiger partial charge in [0, 0.05) is 11.4 Å². The fraction of sp³-hybridized carbons (Fsp3) is 0.500. The topological polar surface area (TPSA) is 70.8 Å². The highest BCUT2D eigenvalue weighted by Crippen LogP contribution is 1.80. The van der Waals surface area contributed by atoms with Crippen molar-refractivity contribution in [3.05, 3.63) is 10.4 Å². The Kier molecular flexibility index (Phi) is 2.61. The SMILES string of the molecule is CC(=N[O-])C(C)=N[O-]. The van der Waals surface area contributed by atoms with Crippen LogP contribution in [0, 0.1) is 10.4 Å². The first-order valence-electron chi connectivity index (χ1n) is 2.06. The molecule has 0 heterocycles. The normalized spacial score (nSPS) is 14.2. The van der Waals surface area contributed by atoms with Crippen molar-refractivity contribution in [2.24, 2.45) is 10.3 Å². The Morgan fingerprint density at radius 2 is 1.25 bits per heavy atom. The summed E-state index contributed by atoms with van der Waals surface area (Å²) in [7, 11) is 0. The Balaban J connectivity index is 4.04. The van der Waals surface area contributed by atoms with Gasteiger partial charge in [0.1, 0.15) is 0 Å². The van der Waals surface area contributed by atoms with Gasteiger partial charge in [0.2, 0.25) is 0 Å². The van der Waals surface area contributed by atoms with E-state index in [2.05, 4.69) is 10.3 Å². The molecule has 46 valence electrons. The van der Waals surface area contributed by atoms with E-state index in [1.165, 1.54) is 13.8 Å². The third-order valence-electron chi connectivity index (χ3n) is 0.797. The predicted molar refractivity (Wildman–Crippen MR) is 33.0 cm³/mol. The molecule has 0 aliphatic carbocycles. The molecule has 0 fully saturated rings. The molecule has 0 saturated carbocycles. The molecule has 4 heteroatoms. The van der Waals surface area contributed by atoms with Crippen LogP contribution in [0.1, 0.15) is 13.8 Å². The molecule has 0 aliphatic heterocycles. The molecule has 0 spiro atoms. The molecule has 0 N–H and O–H groups in total. The fourth-order valence-electron chi connectivity index (χ4n) is 0.132. The molecule has 8 heavy (non-hydrogen) atoms. The second-order valence-corrected chi connectivity index (χ2v) is 1.35. The van der Waals surface area contributed by atoms with Gasteiger partial charge >= 0.3 is 0 Å². The fourth-order valence-corrected chi connectivity index (χ4v) is 0.132. The van der Waals surface area contributed by atoms with Gasteiger partial charge in [-0.1, -0.05) is 0 Å². The molecule has 0 saturated heterocycles. The lowest BCUT2D eigenvalue weighted by Crippen LogP contribution is -2.03. The molecular formula is C4H6N2O2-2. The lowest BCUT2D eigenvalue weighted by Gasteiger charge is -2.02. The lowest BCUT2D eigenvalue weighted by molar-refractivity contribution is 1.54. The van der Waals surface area contributed by atoms with Crippen LogP contribution in [0.5, 0.6) is 0 Å². The summed E-state index contributed by atoms with van der Waals surface area (Å²) < 4.78 is 0. The van der Waals surface area contributed by atoms with Gasteiger partial charge in [-0.05, 0) is 13.8 Å². The van der Waals surface area contributed by atoms with E-state index in [9.17, 15) is 10.4 Å². The van der Waals surface area contributed by atoms with E-state index in [4.69, 9.17) is 0 Å². The first-order valence-corrected chi connectivity index (χ1v) is 2.06. The van der Waals surface area contributed by atoms with Gasteiger partial charge in [-0.25, -0.2) is 0 Å². The van der Waals surface area contributed by atoms with Crippen LogP contribution in [0.25, 0.3) is 0 Å². The Morgan fingerprint density at radius 1 is 1.00 bits per heavy atom. The van der Waals surface area contributed by atoms with Crippen LogP contribution in [-0.4, -0.2) is 11.4 Å². The highest BCUT2D eigenvalue weighted by molar-refractivity contribution is 6.40. The van der Waals surface area contributed by atoms with Crippen LogP contribution < -0.4 is 0 Å². The maximum absolute atomic E-state index is 9.60. The number of hydrogen-bond donors (Lipinski definition) is 0. The van der Waals surface area contributed by atoms with Gasteiger partial charge in [0.15, 0.2) is 0 Å². The Morgan fingerprint density at radius 3 is 1.38 bits per heavy atom. The smallest absolute Gasteiger partial charge is 0.0465 e. The second kappa shape index (κ2) is 3.01. The average molecular weight is 114 g/mol. The minimum absolute atomic E-state index is 0.139. The van der Waals surface area contributed by atoms with E-state index >= 15 is 0 Å². The van der Waals surface area contributed by atoms with E-state index < -0.39 is 0 Å². The first-order chi connectivity index (χ1) is 3.72. The highest BCUT2D eigenvalue weighted by atomic mass is 16.4. The van der Waals surface area contributed by atoms with Crippen LogP contribution in [0.15, 0.2) is 10.3 Å². The molecule has 0 aromatic rings. The number of rotatable bonds is 1. The zero-order chi connectivity index (χ0) is 6.57. The van der Waals surface area contributed by atoms with Crippen LogP contribution >= 0.6 is 0 Å². The summed E-state index contributed by atoms with van der Waals surface area (Å²) in [6, 6.07) is 0. The van der Waals surface area contributed by atoms with Gasteiger partial charge in [-0.15, -0.1) is 0 Å². The Bertz CT molecular complexity index is 112. The molecular weight excluding hydrogens is 108 g/mol. The molecule has 0 unspecified atom stereocenters. The van der Waals surface area contributed by atoms with Gasteiger partial charge in [0.25, 0.3) is 0 Å². The predicted octanol–water partition coefficient (Wildman–Crippen LogP) is 0.904. The van der Waals surface area contributed by atoms with Crippen molar-refractivity contribution in [1.82, 2.24) is 0 Å².